The lowest BCUT2D eigenvalue weighted by Crippen LogP contribution is -2.20. The van der Waals surface area contributed by atoms with Gasteiger partial charge in [0, 0.05) is 38.3 Å². The van der Waals surface area contributed by atoms with Gasteiger partial charge in [0.2, 0.25) is 0 Å². The Morgan fingerprint density at radius 2 is 1.96 bits per heavy atom. The zero-order chi connectivity index (χ0) is 19.0. The van der Waals surface area contributed by atoms with Crippen molar-refractivity contribution >= 4 is 36.0 Å². The van der Waals surface area contributed by atoms with Gasteiger partial charge in [0.25, 0.3) is 0 Å². The normalized spacial score (nSPS) is 12.0. The molecule has 0 unspecified atom stereocenters. The quantitative estimate of drug-likeness (QED) is 0.202. The van der Waals surface area contributed by atoms with Gasteiger partial charge in [0.05, 0.1) is 18.6 Å². The molecule has 0 radical (unpaired) electrons. The molecule has 0 fully saturated rings. The largest absolute Gasteiger partial charge is 0.490 e. The van der Waals surface area contributed by atoms with E-state index in [0.29, 0.717) is 22.5 Å². The van der Waals surface area contributed by atoms with Gasteiger partial charge in [-0.25, -0.2) is 4.99 Å². The molecule has 0 aliphatic rings. The molecular weight excluding hydrogens is 410 g/mol. The third-order valence-electron chi connectivity index (χ3n) is 3.45. The molecule has 0 amide bonds. The van der Waals surface area contributed by atoms with Gasteiger partial charge in [-0.2, -0.15) is 8.78 Å². The summed E-state index contributed by atoms with van der Waals surface area (Å²) in [6.45, 7) is 7.20. The molecule has 0 N–H and O–H groups in total. The summed E-state index contributed by atoms with van der Waals surface area (Å²) in [6.07, 6.45) is 2.53. The van der Waals surface area contributed by atoms with Crippen LogP contribution in [0.2, 0.25) is 25.7 Å². The number of rotatable bonds is 10. The number of halogens is 3. The fraction of sp³-hybridized carbons (Fsp3) is 0.588. The fourth-order valence-electron chi connectivity index (χ4n) is 1.95. The van der Waals surface area contributed by atoms with Crippen LogP contribution < -0.4 is 9.47 Å². The Balaban J connectivity index is 2.92. The summed E-state index contributed by atoms with van der Waals surface area (Å²) < 4.78 is 36.4. The zero-order valence-corrected chi connectivity index (χ0v) is 18.1. The van der Waals surface area contributed by atoms with Gasteiger partial charge in [-0.1, -0.05) is 25.7 Å². The molecule has 0 bridgehead atoms. The Labute approximate surface area is 158 Å². The molecule has 0 aliphatic heterocycles. The Bertz CT molecular complexity index is 581. The van der Waals surface area contributed by atoms with Crippen LogP contribution in [0.1, 0.15) is 13.3 Å². The van der Waals surface area contributed by atoms with Gasteiger partial charge in [0.1, 0.15) is 0 Å². The van der Waals surface area contributed by atoms with E-state index in [1.807, 2.05) is 18.9 Å². The van der Waals surface area contributed by atoms with E-state index >= 15 is 0 Å². The highest BCUT2D eigenvalue weighted by molar-refractivity contribution is 9.10. The number of alkyl halides is 2. The highest BCUT2D eigenvalue weighted by Crippen LogP contribution is 2.39. The molecule has 8 heteroatoms. The molecule has 1 aromatic carbocycles. The van der Waals surface area contributed by atoms with Crippen LogP contribution >= 0.6 is 15.9 Å². The van der Waals surface area contributed by atoms with E-state index in [1.54, 1.807) is 12.4 Å². The number of aliphatic imine (C=N–C) groups is 1. The van der Waals surface area contributed by atoms with Crippen LogP contribution in [0.15, 0.2) is 21.6 Å². The predicted octanol–water partition coefficient (Wildman–Crippen LogP) is 5.77. The first kappa shape index (κ1) is 21.9. The summed E-state index contributed by atoms with van der Waals surface area (Å²) in [5.41, 5.74) is 0.505. The molecular formula is C17H27BrF2N2O2Si. The van der Waals surface area contributed by atoms with Gasteiger partial charge in [-0.3, -0.25) is 0 Å². The maximum atomic E-state index is 12.7. The van der Waals surface area contributed by atoms with E-state index in [2.05, 4.69) is 45.3 Å². The van der Waals surface area contributed by atoms with Crippen LogP contribution in [0.3, 0.4) is 0 Å². The van der Waals surface area contributed by atoms with E-state index < -0.39 is 14.7 Å². The summed E-state index contributed by atoms with van der Waals surface area (Å²) in [5, 5.41) is 0. The van der Waals surface area contributed by atoms with Gasteiger partial charge in [-0.15, -0.1) is 0 Å². The molecule has 1 rings (SSSR count). The smallest absolute Gasteiger partial charge is 0.387 e. The standard InChI is InChI=1S/C17H27BrF2N2O2Si/c1-6-22(2)12-21-14-11-16(24-17(19)20)15(10-13(14)18)23-8-7-9-25(3,4)5/h10-12,17H,6-9H2,1-5H3. The second-order valence-electron chi connectivity index (χ2n) is 6.96. The molecule has 1 aromatic rings. The molecule has 0 saturated carbocycles. The molecule has 142 valence electrons. The van der Waals surface area contributed by atoms with Crippen molar-refractivity contribution in [2.45, 2.75) is 45.6 Å². The minimum Gasteiger partial charge on any atom is -0.490 e. The summed E-state index contributed by atoms with van der Waals surface area (Å²) in [5.74, 6) is 0.294. The van der Waals surface area contributed by atoms with Crippen molar-refractivity contribution in [3.05, 3.63) is 16.6 Å². The minimum atomic E-state index is -2.92. The second-order valence-corrected chi connectivity index (χ2v) is 13.4. The Hall–Kier alpha value is -1.15. The Kier molecular flexibility index (Phi) is 8.85. The molecule has 0 aromatic heterocycles. The number of nitrogens with zero attached hydrogens (tertiary/aromatic N) is 2. The fourth-order valence-corrected chi connectivity index (χ4v) is 3.58. The van der Waals surface area contributed by atoms with Gasteiger partial charge in [0.15, 0.2) is 11.5 Å². The lowest BCUT2D eigenvalue weighted by molar-refractivity contribution is -0.0514. The lowest BCUT2D eigenvalue weighted by atomic mass is 10.3. The summed E-state index contributed by atoms with van der Waals surface area (Å²) in [6, 6.07) is 4.21. The maximum Gasteiger partial charge on any atom is 0.387 e. The molecule has 4 nitrogen and oxygen atoms in total. The van der Waals surface area contributed by atoms with Crippen molar-refractivity contribution in [3.8, 4) is 11.5 Å². The Morgan fingerprint density at radius 1 is 1.28 bits per heavy atom. The van der Waals surface area contributed by atoms with Gasteiger partial charge >= 0.3 is 6.61 Å². The van der Waals surface area contributed by atoms with Crippen molar-refractivity contribution < 1.29 is 18.3 Å². The van der Waals surface area contributed by atoms with Crippen molar-refractivity contribution in [3.63, 3.8) is 0 Å². The van der Waals surface area contributed by atoms with Crippen LogP contribution in [0, 0.1) is 0 Å². The number of hydrogen-bond acceptors (Lipinski definition) is 3. The monoisotopic (exact) mass is 436 g/mol. The maximum absolute atomic E-state index is 12.7. The van der Waals surface area contributed by atoms with E-state index in [0.717, 1.165) is 19.0 Å². The van der Waals surface area contributed by atoms with Crippen LogP contribution in [0.25, 0.3) is 0 Å². The summed E-state index contributed by atoms with van der Waals surface area (Å²) >= 11 is 3.41. The molecule has 25 heavy (non-hydrogen) atoms. The number of hydrogen-bond donors (Lipinski definition) is 0. The van der Waals surface area contributed by atoms with Crippen molar-refractivity contribution in [1.29, 1.82) is 0 Å². The second kappa shape index (κ2) is 10.1. The van der Waals surface area contributed by atoms with E-state index in [-0.39, 0.29) is 5.75 Å². The van der Waals surface area contributed by atoms with Crippen LogP contribution in [0.5, 0.6) is 11.5 Å². The van der Waals surface area contributed by atoms with Gasteiger partial charge in [-0.05, 0) is 29.3 Å². The highest BCUT2D eigenvalue weighted by Gasteiger charge is 2.16. The number of ether oxygens (including phenoxy) is 2. The van der Waals surface area contributed by atoms with E-state index in [4.69, 9.17) is 4.74 Å². The molecule has 0 aliphatic carbocycles. The first-order valence-corrected chi connectivity index (χ1v) is 12.8. The topological polar surface area (TPSA) is 34.1 Å². The van der Waals surface area contributed by atoms with Crippen LogP contribution in [-0.2, 0) is 0 Å². The van der Waals surface area contributed by atoms with Crippen LogP contribution in [0.4, 0.5) is 14.5 Å². The average Bonchev–Trinajstić information content (AvgIpc) is 2.50. The first-order chi connectivity index (χ1) is 11.6. The van der Waals surface area contributed by atoms with E-state index in [9.17, 15) is 8.78 Å². The predicted molar refractivity (Wildman–Crippen MR) is 105 cm³/mol. The van der Waals surface area contributed by atoms with Crippen molar-refractivity contribution in [2.24, 2.45) is 4.99 Å². The minimum absolute atomic E-state index is 0.00231. The zero-order valence-electron chi connectivity index (χ0n) is 15.5. The molecule has 0 saturated heterocycles. The third kappa shape index (κ3) is 8.67. The molecule has 0 spiro atoms. The summed E-state index contributed by atoms with van der Waals surface area (Å²) in [7, 11) is 0.734. The first-order valence-electron chi connectivity index (χ1n) is 8.28. The Morgan fingerprint density at radius 3 is 2.52 bits per heavy atom. The number of benzene rings is 1. The van der Waals surface area contributed by atoms with Crippen LogP contribution in [-0.4, -0.2) is 46.1 Å². The van der Waals surface area contributed by atoms with Crippen molar-refractivity contribution in [1.82, 2.24) is 4.90 Å². The highest BCUT2D eigenvalue weighted by atomic mass is 79.9. The van der Waals surface area contributed by atoms with Gasteiger partial charge < -0.3 is 14.4 Å². The van der Waals surface area contributed by atoms with E-state index in [1.165, 1.54) is 6.07 Å². The average molecular weight is 437 g/mol. The molecule has 0 heterocycles. The summed E-state index contributed by atoms with van der Waals surface area (Å²) in [4.78, 5) is 6.17. The third-order valence-corrected chi connectivity index (χ3v) is 5.94. The SMILES string of the molecule is CCN(C)C=Nc1cc(OC(F)F)c(OCCC[Si](C)(C)C)cc1Br. The molecule has 0 atom stereocenters. The lowest BCUT2D eigenvalue weighted by Gasteiger charge is -2.17. The van der Waals surface area contributed by atoms with Crippen molar-refractivity contribution in [2.75, 3.05) is 20.2 Å².